The van der Waals surface area contributed by atoms with Crippen molar-refractivity contribution in [3.8, 4) is 0 Å². The Morgan fingerprint density at radius 2 is 2.33 bits per heavy atom. The Kier molecular flexibility index (Phi) is 4.01. The first-order valence-electron chi connectivity index (χ1n) is 6.44. The lowest BCUT2D eigenvalue weighted by atomic mass is 9.99. The van der Waals surface area contributed by atoms with Gasteiger partial charge in [0.2, 0.25) is 0 Å². The maximum Gasteiger partial charge on any atom is 0.310 e. The molecule has 0 radical (unpaired) electrons. The van der Waals surface area contributed by atoms with Crippen LogP contribution in [0.15, 0.2) is 12.5 Å². The molecule has 2 atom stereocenters. The van der Waals surface area contributed by atoms with Crippen molar-refractivity contribution >= 4 is 5.97 Å². The van der Waals surface area contributed by atoms with Crippen molar-refractivity contribution in [1.29, 1.82) is 0 Å². The third-order valence-electron chi connectivity index (χ3n) is 3.72. The maximum atomic E-state index is 11.6. The zero-order valence-corrected chi connectivity index (χ0v) is 11.3. The van der Waals surface area contributed by atoms with Gasteiger partial charge in [0.1, 0.15) is 0 Å². The topological polar surface area (TPSA) is 47.4 Å². The number of esters is 1. The van der Waals surface area contributed by atoms with Crippen molar-refractivity contribution in [2.24, 2.45) is 11.8 Å². The molecule has 0 aliphatic carbocycles. The first-order valence-corrected chi connectivity index (χ1v) is 6.44. The molecule has 0 N–H and O–H groups in total. The first-order chi connectivity index (χ1) is 8.65. The molecule has 1 aromatic rings. The Morgan fingerprint density at radius 3 is 3.00 bits per heavy atom. The van der Waals surface area contributed by atoms with Gasteiger partial charge in [0, 0.05) is 32.4 Å². The highest BCUT2D eigenvalue weighted by Gasteiger charge is 2.35. The number of likely N-dealkylation sites (tertiary alicyclic amines) is 1. The smallest absolute Gasteiger partial charge is 0.310 e. The van der Waals surface area contributed by atoms with Crippen LogP contribution in [0, 0.1) is 11.8 Å². The molecule has 2 rings (SSSR count). The molecule has 2 heterocycles. The molecule has 1 aliphatic rings. The van der Waals surface area contributed by atoms with Gasteiger partial charge in [-0.1, -0.05) is 6.92 Å². The fraction of sp³-hybridized carbons (Fsp3) is 0.692. The predicted octanol–water partition coefficient (Wildman–Crippen LogP) is 1.14. The molecule has 1 fully saturated rings. The summed E-state index contributed by atoms with van der Waals surface area (Å²) in [6.45, 7) is 7.72. The van der Waals surface area contributed by atoms with Crippen LogP contribution in [0.2, 0.25) is 0 Å². The van der Waals surface area contributed by atoms with E-state index < -0.39 is 0 Å². The van der Waals surface area contributed by atoms with Crippen molar-refractivity contribution in [2.75, 3.05) is 20.2 Å². The zero-order valence-electron chi connectivity index (χ0n) is 11.3. The number of ether oxygens (including phenoxy) is 1. The molecule has 18 heavy (non-hydrogen) atoms. The third kappa shape index (κ3) is 2.56. The normalized spacial score (nSPS) is 24.4. The number of aromatic nitrogens is 2. The molecule has 1 saturated heterocycles. The van der Waals surface area contributed by atoms with Gasteiger partial charge < -0.3 is 9.30 Å². The van der Waals surface area contributed by atoms with E-state index in [0.29, 0.717) is 5.92 Å². The van der Waals surface area contributed by atoms with Gasteiger partial charge in [-0.25, -0.2) is 4.98 Å². The van der Waals surface area contributed by atoms with E-state index in [0.717, 1.165) is 26.2 Å². The molecular weight excluding hydrogens is 230 g/mol. The number of hydrogen-bond acceptors (Lipinski definition) is 4. The van der Waals surface area contributed by atoms with Crippen molar-refractivity contribution in [2.45, 2.75) is 26.9 Å². The van der Waals surface area contributed by atoms with Crippen molar-refractivity contribution in [3.63, 3.8) is 0 Å². The number of imidazole rings is 1. The molecule has 1 aliphatic heterocycles. The summed E-state index contributed by atoms with van der Waals surface area (Å²) < 4.78 is 6.98. The van der Waals surface area contributed by atoms with Gasteiger partial charge >= 0.3 is 5.97 Å². The van der Waals surface area contributed by atoms with E-state index in [2.05, 4.69) is 28.3 Å². The van der Waals surface area contributed by atoms with Gasteiger partial charge in [-0.15, -0.1) is 0 Å². The lowest BCUT2D eigenvalue weighted by Gasteiger charge is -2.16. The number of methoxy groups -OCH3 is 1. The van der Waals surface area contributed by atoms with E-state index in [1.54, 1.807) is 0 Å². The standard InChI is InChI=1S/C13H21N3O2/c1-4-16-9-14-5-11(16)7-15-6-10(2)12(8-15)13(17)18-3/h5,9-10,12H,4,6-8H2,1-3H3. The highest BCUT2D eigenvalue weighted by molar-refractivity contribution is 5.73. The number of aryl methyl sites for hydroxylation is 1. The molecule has 2 unspecified atom stereocenters. The molecule has 0 spiro atoms. The van der Waals surface area contributed by atoms with Gasteiger partial charge in [-0.3, -0.25) is 9.69 Å². The summed E-state index contributed by atoms with van der Waals surface area (Å²) in [7, 11) is 1.46. The molecule has 0 amide bonds. The summed E-state index contributed by atoms with van der Waals surface area (Å²) in [6, 6.07) is 0. The largest absolute Gasteiger partial charge is 0.469 e. The molecule has 0 saturated carbocycles. The van der Waals surface area contributed by atoms with Gasteiger partial charge in [0.25, 0.3) is 0 Å². The van der Waals surface area contributed by atoms with Crippen molar-refractivity contribution in [1.82, 2.24) is 14.5 Å². The molecule has 1 aromatic heterocycles. The Balaban J connectivity index is 1.98. The number of carbonyl (C=O) groups excluding carboxylic acids is 1. The molecule has 0 aromatic carbocycles. The maximum absolute atomic E-state index is 11.6. The quantitative estimate of drug-likeness (QED) is 0.753. The zero-order chi connectivity index (χ0) is 13.1. The average Bonchev–Trinajstić information content (AvgIpc) is 2.95. The number of nitrogens with zero attached hydrogens (tertiary/aromatic N) is 3. The minimum Gasteiger partial charge on any atom is -0.469 e. The Hall–Kier alpha value is -1.36. The fourth-order valence-corrected chi connectivity index (χ4v) is 2.65. The molecule has 0 bridgehead atoms. The Labute approximate surface area is 108 Å². The summed E-state index contributed by atoms with van der Waals surface area (Å²) in [5.41, 5.74) is 1.20. The van der Waals surface area contributed by atoms with E-state index >= 15 is 0 Å². The van der Waals surface area contributed by atoms with Gasteiger partial charge in [-0.2, -0.15) is 0 Å². The fourth-order valence-electron chi connectivity index (χ4n) is 2.65. The van der Waals surface area contributed by atoms with E-state index in [1.807, 2.05) is 12.5 Å². The average molecular weight is 251 g/mol. The van der Waals surface area contributed by atoms with Crippen LogP contribution in [0.25, 0.3) is 0 Å². The summed E-state index contributed by atoms with van der Waals surface area (Å²) >= 11 is 0. The SMILES string of the molecule is CCn1cncc1CN1CC(C)C(C(=O)OC)C1. The lowest BCUT2D eigenvalue weighted by molar-refractivity contribution is -0.146. The van der Waals surface area contributed by atoms with Crippen LogP contribution >= 0.6 is 0 Å². The monoisotopic (exact) mass is 251 g/mol. The van der Waals surface area contributed by atoms with E-state index in [9.17, 15) is 4.79 Å². The molecular formula is C13H21N3O2. The second-order valence-corrected chi connectivity index (χ2v) is 4.97. The minimum absolute atomic E-state index is 0.00741. The van der Waals surface area contributed by atoms with Gasteiger partial charge in [0.05, 0.1) is 25.0 Å². The highest BCUT2D eigenvalue weighted by Crippen LogP contribution is 2.25. The number of carbonyl (C=O) groups is 1. The van der Waals surface area contributed by atoms with E-state index in [4.69, 9.17) is 4.74 Å². The van der Waals surface area contributed by atoms with Gasteiger partial charge in [-0.05, 0) is 12.8 Å². The van der Waals surface area contributed by atoms with Crippen LogP contribution in [0.3, 0.4) is 0 Å². The predicted molar refractivity (Wildman–Crippen MR) is 67.8 cm³/mol. The van der Waals surface area contributed by atoms with Crippen LogP contribution in [0.4, 0.5) is 0 Å². The van der Waals surface area contributed by atoms with Crippen molar-refractivity contribution in [3.05, 3.63) is 18.2 Å². The van der Waals surface area contributed by atoms with Crippen LogP contribution in [0.1, 0.15) is 19.5 Å². The highest BCUT2D eigenvalue weighted by atomic mass is 16.5. The molecule has 100 valence electrons. The molecule has 5 heteroatoms. The Bertz CT molecular complexity index is 416. The van der Waals surface area contributed by atoms with Crippen LogP contribution in [-0.2, 0) is 22.6 Å². The molecule has 5 nitrogen and oxygen atoms in total. The first kappa shape index (κ1) is 13.1. The second-order valence-electron chi connectivity index (χ2n) is 4.97. The Morgan fingerprint density at radius 1 is 1.56 bits per heavy atom. The van der Waals surface area contributed by atoms with Crippen LogP contribution < -0.4 is 0 Å². The van der Waals surface area contributed by atoms with E-state index in [1.165, 1.54) is 12.8 Å². The van der Waals surface area contributed by atoms with Crippen LogP contribution in [0.5, 0.6) is 0 Å². The van der Waals surface area contributed by atoms with E-state index in [-0.39, 0.29) is 11.9 Å². The summed E-state index contributed by atoms with van der Waals surface area (Å²) in [4.78, 5) is 18.1. The summed E-state index contributed by atoms with van der Waals surface area (Å²) in [5, 5.41) is 0. The van der Waals surface area contributed by atoms with Crippen LogP contribution in [-0.4, -0.2) is 40.6 Å². The number of rotatable bonds is 4. The minimum atomic E-state index is -0.0889. The van der Waals surface area contributed by atoms with Crippen molar-refractivity contribution < 1.29 is 9.53 Å². The summed E-state index contributed by atoms with van der Waals surface area (Å²) in [5.74, 6) is 0.275. The summed E-state index contributed by atoms with van der Waals surface area (Å²) in [6.07, 6.45) is 3.76. The van der Waals surface area contributed by atoms with Gasteiger partial charge in [0.15, 0.2) is 0 Å². The lowest BCUT2D eigenvalue weighted by Crippen LogP contribution is -2.25. The third-order valence-corrected chi connectivity index (χ3v) is 3.72. The number of hydrogen-bond donors (Lipinski definition) is 0. The second kappa shape index (κ2) is 5.52.